The molecule has 0 fully saturated rings. The molecule has 96 valence electrons. The summed E-state index contributed by atoms with van der Waals surface area (Å²) in [5, 5.41) is 0. The Hall–Kier alpha value is -0.0300. The van der Waals surface area contributed by atoms with Gasteiger partial charge in [0.05, 0.1) is 0 Å². The molecule has 0 amide bonds. The van der Waals surface area contributed by atoms with Gasteiger partial charge in [-0.1, -0.05) is 28.1 Å². The van der Waals surface area contributed by atoms with Gasteiger partial charge in [-0.3, -0.25) is 4.90 Å². The number of nitrogens with zero attached hydrogens (tertiary/aromatic N) is 1. The van der Waals surface area contributed by atoms with Gasteiger partial charge in [-0.15, -0.1) is 0 Å². The Morgan fingerprint density at radius 2 is 2.00 bits per heavy atom. The van der Waals surface area contributed by atoms with Crippen molar-refractivity contribution >= 4 is 27.7 Å². The van der Waals surface area contributed by atoms with Crippen molar-refractivity contribution in [3.05, 3.63) is 34.3 Å². The number of hydrogen-bond acceptors (Lipinski definition) is 3. The molecule has 17 heavy (non-hydrogen) atoms. The number of benzene rings is 1. The maximum Gasteiger partial charge on any atom is 0.0234 e. The zero-order chi connectivity index (χ0) is 12.7. The average Bonchev–Trinajstić information content (AvgIpc) is 2.33. The monoisotopic (exact) mass is 316 g/mol. The molecular weight excluding hydrogens is 296 g/mol. The first kappa shape index (κ1) is 15.0. The van der Waals surface area contributed by atoms with Crippen molar-refractivity contribution in [3.8, 4) is 0 Å². The van der Waals surface area contributed by atoms with E-state index in [-0.39, 0.29) is 0 Å². The van der Waals surface area contributed by atoms with Crippen LogP contribution in [-0.4, -0.2) is 36.5 Å². The summed E-state index contributed by atoms with van der Waals surface area (Å²) >= 11 is 5.33. The number of halogens is 1. The van der Waals surface area contributed by atoms with E-state index >= 15 is 0 Å². The van der Waals surface area contributed by atoms with Gasteiger partial charge in [-0.25, -0.2) is 0 Å². The van der Waals surface area contributed by atoms with Crippen LogP contribution in [0, 0.1) is 0 Å². The zero-order valence-corrected chi connectivity index (χ0v) is 12.9. The Labute approximate surface area is 117 Å². The fraction of sp³-hybridized carbons (Fsp3) is 0.538. The third-order valence-electron chi connectivity index (χ3n) is 2.90. The first-order valence-corrected chi connectivity index (χ1v) is 7.99. The van der Waals surface area contributed by atoms with Crippen molar-refractivity contribution in [2.75, 3.05) is 25.6 Å². The molecule has 0 aliphatic carbocycles. The minimum absolute atomic E-state index is 0.478. The zero-order valence-electron chi connectivity index (χ0n) is 10.5. The molecule has 4 heteroatoms. The van der Waals surface area contributed by atoms with E-state index in [1.165, 1.54) is 11.3 Å². The van der Waals surface area contributed by atoms with E-state index in [0.717, 1.165) is 24.0 Å². The van der Waals surface area contributed by atoms with Crippen LogP contribution in [0.5, 0.6) is 0 Å². The first-order valence-electron chi connectivity index (χ1n) is 5.81. The van der Waals surface area contributed by atoms with Crippen molar-refractivity contribution in [2.24, 2.45) is 5.73 Å². The van der Waals surface area contributed by atoms with Crippen LogP contribution in [-0.2, 0) is 6.54 Å². The Morgan fingerprint density at radius 1 is 1.35 bits per heavy atom. The van der Waals surface area contributed by atoms with Crippen molar-refractivity contribution in [3.63, 3.8) is 0 Å². The fourth-order valence-electron chi connectivity index (χ4n) is 1.78. The molecule has 2 N–H and O–H groups in total. The second-order valence-electron chi connectivity index (χ2n) is 4.21. The van der Waals surface area contributed by atoms with E-state index < -0.39 is 0 Å². The van der Waals surface area contributed by atoms with Crippen LogP contribution in [0.1, 0.15) is 12.0 Å². The quantitative estimate of drug-likeness (QED) is 0.838. The lowest BCUT2D eigenvalue weighted by Gasteiger charge is -2.26. The topological polar surface area (TPSA) is 29.3 Å². The maximum absolute atomic E-state index is 5.83. The molecule has 1 atom stereocenters. The summed E-state index contributed by atoms with van der Waals surface area (Å²) in [4.78, 5) is 2.35. The molecule has 1 aromatic carbocycles. The number of hydrogen-bond donors (Lipinski definition) is 1. The second kappa shape index (κ2) is 8.14. The lowest BCUT2D eigenvalue weighted by Crippen LogP contribution is -2.37. The molecule has 2 nitrogen and oxygen atoms in total. The third-order valence-corrected chi connectivity index (χ3v) is 4.07. The van der Waals surface area contributed by atoms with Gasteiger partial charge < -0.3 is 5.73 Å². The summed E-state index contributed by atoms with van der Waals surface area (Å²) in [6.07, 6.45) is 3.30. The lowest BCUT2D eigenvalue weighted by molar-refractivity contribution is 0.234. The van der Waals surface area contributed by atoms with Crippen molar-refractivity contribution in [1.29, 1.82) is 0 Å². The van der Waals surface area contributed by atoms with Crippen LogP contribution in [0.2, 0.25) is 0 Å². The summed E-state index contributed by atoms with van der Waals surface area (Å²) in [6, 6.07) is 8.96. The van der Waals surface area contributed by atoms with Crippen LogP contribution in [0.15, 0.2) is 28.7 Å². The van der Waals surface area contributed by atoms with Crippen molar-refractivity contribution in [1.82, 2.24) is 4.90 Å². The van der Waals surface area contributed by atoms with Crippen LogP contribution >= 0.6 is 27.7 Å². The summed E-state index contributed by atoms with van der Waals surface area (Å²) in [7, 11) is 2.15. The largest absolute Gasteiger partial charge is 0.329 e. The van der Waals surface area contributed by atoms with Gasteiger partial charge in [-0.05, 0) is 43.2 Å². The molecule has 0 spiro atoms. The van der Waals surface area contributed by atoms with Crippen molar-refractivity contribution < 1.29 is 0 Å². The number of rotatable bonds is 7. The highest BCUT2D eigenvalue weighted by Gasteiger charge is 2.12. The van der Waals surface area contributed by atoms with E-state index in [1.807, 2.05) is 11.8 Å². The van der Waals surface area contributed by atoms with Gasteiger partial charge in [0.25, 0.3) is 0 Å². The molecule has 1 unspecified atom stereocenters. The number of likely N-dealkylation sites (N-methyl/N-ethyl adjacent to an activating group) is 1. The minimum atomic E-state index is 0.478. The Bertz CT molecular complexity index is 316. The van der Waals surface area contributed by atoms with Crippen LogP contribution in [0.25, 0.3) is 0 Å². The molecule has 0 radical (unpaired) electrons. The predicted octanol–water partition coefficient (Wildman–Crippen LogP) is 2.96. The normalized spacial score (nSPS) is 13.0. The van der Waals surface area contributed by atoms with E-state index in [1.54, 1.807) is 0 Å². The third kappa shape index (κ3) is 5.42. The highest BCUT2D eigenvalue weighted by molar-refractivity contribution is 9.10. The van der Waals surface area contributed by atoms with Gasteiger partial charge >= 0.3 is 0 Å². The molecule has 1 aromatic rings. The molecule has 1 rings (SSSR count). The Kier molecular flexibility index (Phi) is 7.19. The Morgan fingerprint density at radius 3 is 2.53 bits per heavy atom. The lowest BCUT2D eigenvalue weighted by atomic mass is 10.1. The van der Waals surface area contributed by atoms with Crippen LogP contribution < -0.4 is 5.73 Å². The molecule has 0 bridgehead atoms. The molecule has 0 aliphatic heterocycles. The summed E-state index contributed by atoms with van der Waals surface area (Å²) in [5.74, 6) is 1.17. The number of nitrogens with two attached hydrogens (primary N) is 1. The Balaban J connectivity index is 2.51. The van der Waals surface area contributed by atoms with Crippen LogP contribution in [0.3, 0.4) is 0 Å². The molecule has 0 aromatic heterocycles. The number of thioether (sulfide) groups is 1. The van der Waals surface area contributed by atoms with Gasteiger partial charge in [0.15, 0.2) is 0 Å². The van der Waals surface area contributed by atoms with E-state index in [2.05, 4.69) is 58.4 Å². The van der Waals surface area contributed by atoms with Gasteiger partial charge in [0, 0.05) is 23.6 Å². The highest BCUT2D eigenvalue weighted by Crippen LogP contribution is 2.14. The van der Waals surface area contributed by atoms with E-state index in [4.69, 9.17) is 5.73 Å². The molecular formula is C13H21BrN2S. The highest BCUT2D eigenvalue weighted by atomic mass is 79.9. The molecule has 0 aliphatic rings. The molecule has 0 saturated heterocycles. The summed E-state index contributed by atoms with van der Waals surface area (Å²) in [6.45, 7) is 1.69. The fourth-order valence-corrected chi connectivity index (χ4v) is 2.55. The maximum atomic E-state index is 5.83. The van der Waals surface area contributed by atoms with Gasteiger partial charge in [-0.2, -0.15) is 11.8 Å². The standard InChI is InChI=1S/C13H21BrN2S/c1-16(13(9-15)7-8-17-2)10-11-3-5-12(14)6-4-11/h3-6,13H,7-10,15H2,1-2H3. The molecule has 0 heterocycles. The minimum Gasteiger partial charge on any atom is -0.329 e. The summed E-state index contributed by atoms with van der Waals surface area (Å²) in [5.41, 5.74) is 7.17. The van der Waals surface area contributed by atoms with E-state index in [0.29, 0.717) is 6.04 Å². The summed E-state index contributed by atoms with van der Waals surface area (Å²) < 4.78 is 1.13. The predicted molar refractivity (Wildman–Crippen MR) is 81.5 cm³/mol. The smallest absolute Gasteiger partial charge is 0.0234 e. The SMILES string of the molecule is CSCCC(CN)N(C)Cc1ccc(Br)cc1. The molecule has 0 saturated carbocycles. The van der Waals surface area contributed by atoms with Crippen LogP contribution in [0.4, 0.5) is 0 Å². The second-order valence-corrected chi connectivity index (χ2v) is 6.11. The van der Waals surface area contributed by atoms with E-state index in [9.17, 15) is 0 Å². The van der Waals surface area contributed by atoms with Crippen molar-refractivity contribution in [2.45, 2.75) is 19.0 Å². The van der Waals surface area contributed by atoms with Gasteiger partial charge in [0.1, 0.15) is 0 Å². The average molecular weight is 317 g/mol. The van der Waals surface area contributed by atoms with Gasteiger partial charge in [0.2, 0.25) is 0 Å². The first-order chi connectivity index (χ1) is 8.17.